The van der Waals surface area contributed by atoms with E-state index < -0.39 is 0 Å². The molecule has 1 fully saturated rings. The molecule has 0 N–H and O–H groups in total. The summed E-state index contributed by atoms with van der Waals surface area (Å²) < 4.78 is 12.5. The minimum absolute atomic E-state index is 0.0163. The summed E-state index contributed by atoms with van der Waals surface area (Å²) in [6.45, 7) is 0. The maximum atomic E-state index is 13.4. The van der Waals surface area contributed by atoms with Crippen molar-refractivity contribution in [2.45, 2.75) is 24.8 Å². The lowest BCUT2D eigenvalue weighted by Crippen LogP contribution is -2.41. The molecule has 7 nitrogen and oxygen atoms in total. The molecule has 2 aromatic carbocycles. The van der Waals surface area contributed by atoms with Crippen LogP contribution in [0.5, 0.6) is 11.5 Å². The number of aromatic nitrogens is 3. The third-order valence-corrected chi connectivity index (χ3v) is 6.33. The number of Topliss-reactive ketones (excluding diaryl/α,β-unsaturated/α-hetero) is 1. The highest BCUT2D eigenvalue weighted by atomic mass is 35.5. The Morgan fingerprint density at radius 2 is 1.74 bits per heavy atom. The number of ether oxygens (including phenoxy) is 2. The van der Waals surface area contributed by atoms with E-state index >= 15 is 0 Å². The van der Waals surface area contributed by atoms with E-state index in [4.69, 9.17) is 26.1 Å². The van der Waals surface area contributed by atoms with Crippen molar-refractivity contribution in [3.05, 3.63) is 64.9 Å². The van der Waals surface area contributed by atoms with Crippen LogP contribution < -0.4 is 9.47 Å². The number of aliphatic imine (C=N–C) groups is 1. The van der Waals surface area contributed by atoms with Crippen LogP contribution in [0.2, 0.25) is 5.02 Å². The quantitative estimate of drug-likeness (QED) is 0.606. The normalized spacial score (nSPS) is 22.4. The number of nitrogens with zero attached hydrogens (tertiary/aromatic N) is 4. The minimum Gasteiger partial charge on any atom is -0.493 e. The molecular formula is C23H21ClN4O3. The van der Waals surface area contributed by atoms with Crippen LogP contribution in [0.25, 0.3) is 0 Å². The molecule has 0 saturated heterocycles. The number of hydrogen-bond acceptors (Lipinski definition) is 6. The molecule has 2 heterocycles. The van der Waals surface area contributed by atoms with E-state index in [0.29, 0.717) is 35.3 Å². The molecule has 5 rings (SSSR count). The number of carbonyl (C=O) groups is 1. The van der Waals surface area contributed by atoms with Crippen molar-refractivity contribution in [3.63, 3.8) is 0 Å². The zero-order chi connectivity index (χ0) is 21.5. The average Bonchev–Trinajstić information content (AvgIpc) is 3.26. The Balaban J connectivity index is 1.53. The van der Waals surface area contributed by atoms with E-state index in [-0.39, 0.29) is 23.7 Å². The van der Waals surface area contributed by atoms with E-state index in [0.717, 1.165) is 16.8 Å². The van der Waals surface area contributed by atoms with Gasteiger partial charge in [-0.05, 0) is 47.7 Å². The Morgan fingerprint density at radius 1 is 1.00 bits per heavy atom. The molecule has 0 bridgehead atoms. The van der Waals surface area contributed by atoms with E-state index in [9.17, 15) is 4.79 Å². The van der Waals surface area contributed by atoms with Gasteiger partial charge in [-0.2, -0.15) is 10.1 Å². The Kier molecular flexibility index (Phi) is 4.98. The van der Waals surface area contributed by atoms with Gasteiger partial charge in [0.1, 0.15) is 12.1 Å². The summed E-state index contributed by atoms with van der Waals surface area (Å²) in [5.41, 5.74) is 2.84. The van der Waals surface area contributed by atoms with Gasteiger partial charge in [-0.1, -0.05) is 29.8 Å². The highest BCUT2D eigenvalue weighted by Crippen LogP contribution is 2.44. The lowest BCUT2D eigenvalue weighted by molar-refractivity contribution is -0.122. The maximum Gasteiger partial charge on any atom is 0.248 e. The lowest BCUT2D eigenvalue weighted by atomic mass is 9.72. The van der Waals surface area contributed by atoms with E-state index in [2.05, 4.69) is 10.1 Å². The smallest absolute Gasteiger partial charge is 0.248 e. The number of fused-ring (bicyclic) bond motifs is 2. The number of halogens is 1. The monoisotopic (exact) mass is 436 g/mol. The molecule has 3 unspecified atom stereocenters. The molecule has 1 aromatic heterocycles. The maximum absolute atomic E-state index is 13.4. The topological polar surface area (TPSA) is 78.6 Å². The van der Waals surface area contributed by atoms with Gasteiger partial charge >= 0.3 is 0 Å². The summed E-state index contributed by atoms with van der Waals surface area (Å²) in [4.78, 5) is 22.5. The van der Waals surface area contributed by atoms with Crippen molar-refractivity contribution in [2.24, 2.45) is 10.9 Å². The summed E-state index contributed by atoms with van der Waals surface area (Å²) in [7, 11) is 3.22. The largest absolute Gasteiger partial charge is 0.493 e. The molecule has 2 aliphatic rings. The Bertz CT molecular complexity index is 1170. The zero-order valence-electron chi connectivity index (χ0n) is 17.2. The van der Waals surface area contributed by atoms with Crippen LogP contribution in [0.15, 0.2) is 53.8 Å². The summed E-state index contributed by atoms with van der Waals surface area (Å²) >= 11 is 6.08. The second-order valence-corrected chi connectivity index (χ2v) is 8.20. The fraction of sp³-hybridized carbons (Fsp3) is 0.304. The molecule has 158 valence electrons. The first-order chi connectivity index (χ1) is 15.1. The van der Waals surface area contributed by atoms with Crippen molar-refractivity contribution in [2.75, 3.05) is 14.2 Å². The Morgan fingerprint density at radius 3 is 2.48 bits per heavy atom. The van der Waals surface area contributed by atoms with Crippen molar-refractivity contribution >= 4 is 29.0 Å². The zero-order valence-corrected chi connectivity index (χ0v) is 17.9. The highest BCUT2D eigenvalue weighted by molar-refractivity contribution is 6.30. The van der Waals surface area contributed by atoms with Gasteiger partial charge in [-0.3, -0.25) is 4.79 Å². The van der Waals surface area contributed by atoms with Gasteiger partial charge in [-0.25, -0.2) is 9.67 Å². The summed E-state index contributed by atoms with van der Waals surface area (Å²) in [6.07, 6.45) is 2.58. The van der Waals surface area contributed by atoms with Crippen molar-refractivity contribution in [3.8, 4) is 11.5 Å². The third-order valence-electron chi connectivity index (χ3n) is 6.08. The van der Waals surface area contributed by atoms with Gasteiger partial charge in [0, 0.05) is 17.2 Å². The molecule has 0 spiro atoms. The van der Waals surface area contributed by atoms with Crippen LogP contribution in [0.1, 0.15) is 35.9 Å². The standard InChI is InChI=1S/C23H21ClN4O3/c1-30-19-8-5-14(11-20(19)31-2)15-9-17-21(18(29)10-15)22(13-3-6-16(24)7-4-13)28-23(27-17)25-12-26-28/h3-8,11-12,15,21-22H,9-10H2,1-2H3. The number of carbonyl (C=O) groups excluding carboxylic acids is 1. The van der Waals surface area contributed by atoms with E-state index in [1.54, 1.807) is 18.9 Å². The first kappa shape index (κ1) is 19.8. The van der Waals surface area contributed by atoms with Gasteiger partial charge in [0.2, 0.25) is 5.95 Å². The molecular weight excluding hydrogens is 416 g/mol. The van der Waals surface area contributed by atoms with Crippen LogP contribution >= 0.6 is 11.6 Å². The first-order valence-corrected chi connectivity index (χ1v) is 10.4. The fourth-order valence-electron chi connectivity index (χ4n) is 4.61. The van der Waals surface area contributed by atoms with Gasteiger partial charge in [-0.15, -0.1) is 0 Å². The van der Waals surface area contributed by atoms with Crippen LogP contribution in [0.3, 0.4) is 0 Å². The van der Waals surface area contributed by atoms with Crippen LogP contribution in [-0.4, -0.2) is 40.5 Å². The number of methoxy groups -OCH3 is 2. The van der Waals surface area contributed by atoms with Gasteiger partial charge in [0.05, 0.1) is 26.2 Å². The Labute approximate surface area is 184 Å². The SMILES string of the molecule is COc1ccc(C2CC(=O)C3C(=Nc4ncnn4C3c3ccc(Cl)cc3)C2)cc1OC. The number of ketones is 1. The second kappa shape index (κ2) is 7.81. The predicted molar refractivity (Wildman–Crippen MR) is 117 cm³/mol. The third kappa shape index (κ3) is 3.39. The molecule has 8 heteroatoms. The highest BCUT2D eigenvalue weighted by Gasteiger charge is 2.44. The molecule has 0 amide bonds. The number of benzene rings is 2. The summed E-state index contributed by atoms with van der Waals surface area (Å²) in [6, 6.07) is 13.1. The van der Waals surface area contributed by atoms with Crippen molar-refractivity contribution < 1.29 is 14.3 Å². The minimum atomic E-state index is -0.369. The van der Waals surface area contributed by atoms with Gasteiger partial charge in [0.15, 0.2) is 11.5 Å². The number of rotatable bonds is 4. The predicted octanol–water partition coefficient (Wildman–Crippen LogP) is 4.39. The number of hydrogen-bond donors (Lipinski definition) is 0. The lowest BCUT2D eigenvalue weighted by Gasteiger charge is -2.37. The molecule has 3 atom stereocenters. The van der Waals surface area contributed by atoms with E-state index in [1.807, 2.05) is 42.5 Å². The average molecular weight is 437 g/mol. The summed E-state index contributed by atoms with van der Waals surface area (Å²) in [5.74, 6) is 1.63. The van der Waals surface area contributed by atoms with Crippen LogP contribution in [0.4, 0.5) is 5.95 Å². The molecule has 1 aliphatic heterocycles. The van der Waals surface area contributed by atoms with Crippen molar-refractivity contribution in [1.82, 2.24) is 14.8 Å². The first-order valence-electron chi connectivity index (χ1n) is 10.1. The second-order valence-electron chi connectivity index (χ2n) is 7.77. The van der Waals surface area contributed by atoms with Crippen LogP contribution in [-0.2, 0) is 4.79 Å². The van der Waals surface area contributed by atoms with E-state index in [1.165, 1.54) is 6.33 Å². The Hall–Kier alpha value is -3.19. The summed E-state index contributed by atoms with van der Waals surface area (Å²) in [5, 5.41) is 5.01. The molecule has 0 radical (unpaired) electrons. The molecule has 1 saturated carbocycles. The van der Waals surface area contributed by atoms with Gasteiger partial charge in [0.25, 0.3) is 0 Å². The fourth-order valence-corrected chi connectivity index (χ4v) is 4.73. The van der Waals surface area contributed by atoms with Crippen molar-refractivity contribution in [1.29, 1.82) is 0 Å². The molecule has 31 heavy (non-hydrogen) atoms. The van der Waals surface area contributed by atoms with Crippen LogP contribution in [0, 0.1) is 5.92 Å². The van der Waals surface area contributed by atoms with Gasteiger partial charge < -0.3 is 9.47 Å². The molecule has 1 aliphatic carbocycles. The molecule has 3 aromatic rings.